The Kier molecular flexibility index (Phi) is 4.70. The topological polar surface area (TPSA) is 38.5 Å². The van der Waals surface area contributed by atoms with Gasteiger partial charge in [-0.25, -0.2) is 0 Å². The summed E-state index contributed by atoms with van der Waals surface area (Å²) in [5, 5.41) is 0. The number of anilines is 1. The zero-order valence-corrected chi connectivity index (χ0v) is 12.4. The largest absolute Gasteiger partial charge is 0.497 e. The number of hydrogen-bond donors (Lipinski definition) is 1. The van der Waals surface area contributed by atoms with Crippen molar-refractivity contribution in [2.24, 2.45) is 11.8 Å². The summed E-state index contributed by atoms with van der Waals surface area (Å²) in [5.41, 5.74) is 8.13. The molecule has 1 fully saturated rings. The summed E-state index contributed by atoms with van der Waals surface area (Å²) < 4.78 is 5.19. The van der Waals surface area contributed by atoms with Crippen LogP contribution in [0.4, 0.5) is 5.69 Å². The van der Waals surface area contributed by atoms with Crippen LogP contribution >= 0.6 is 0 Å². The van der Waals surface area contributed by atoms with Crippen molar-refractivity contribution in [1.29, 1.82) is 0 Å². The second-order valence-corrected chi connectivity index (χ2v) is 5.92. The number of benzene rings is 1. The van der Waals surface area contributed by atoms with E-state index in [-0.39, 0.29) is 0 Å². The Labute approximate surface area is 116 Å². The van der Waals surface area contributed by atoms with Gasteiger partial charge in [0.1, 0.15) is 5.75 Å². The first-order chi connectivity index (χ1) is 9.10. The molecule has 1 aliphatic heterocycles. The Morgan fingerprint density at radius 3 is 2.53 bits per heavy atom. The summed E-state index contributed by atoms with van der Waals surface area (Å²) in [6, 6.07) is 5.99. The van der Waals surface area contributed by atoms with E-state index < -0.39 is 0 Å². The molecule has 106 valence electrons. The lowest BCUT2D eigenvalue weighted by Crippen LogP contribution is -2.34. The summed E-state index contributed by atoms with van der Waals surface area (Å²) in [4.78, 5) is 2.51. The van der Waals surface area contributed by atoms with E-state index in [1.54, 1.807) is 7.11 Å². The van der Waals surface area contributed by atoms with Gasteiger partial charge in [-0.15, -0.1) is 0 Å². The maximum absolute atomic E-state index is 6.08. The monoisotopic (exact) mass is 262 g/mol. The molecule has 1 aromatic carbocycles. The first-order valence-corrected chi connectivity index (χ1v) is 7.25. The minimum atomic E-state index is 0.813. The third-order valence-electron chi connectivity index (χ3n) is 4.32. The first kappa shape index (κ1) is 14.2. The smallest absolute Gasteiger partial charge is 0.120 e. The van der Waals surface area contributed by atoms with E-state index in [1.165, 1.54) is 31.5 Å². The predicted molar refractivity (Wildman–Crippen MR) is 80.2 cm³/mol. The van der Waals surface area contributed by atoms with Crippen molar-refractivity contribution in [2.45, 2.75) is 33.2 Å². The number of piperidine rings is 1. The number of nitrogen functional groups attached to an aromatic ring is 1. The fourth-order valence-corrected chi connectivity index (χ4v) is 2.86. The minimum Gasteiger partial charge on any atom is -0.497 e. The van der Waals surface area contributed by atoms with E-state index in [9.17, 15) is 0 Å². The highest BCUT2D eigenvalue weighted by Gasteiger charge is 2.21. The van der Waals surface area contributed by atoms with Crippen molar-refractivity contribution in [2.75, 3.05) is 25.9 Å². The molecule has 0 aromatic heterocycles. The Morgan fingerprint density at radius 1 is 1.32 bits per heavy atom. The number of nitrogens with zero attached hydrogens (tertiary/aromatic N) is 1. The summed E-state index contributed by atoms with van der Waals surface area (Å²) in [5.74, 6) is 2.54. The highest BCUT2D eigenvalue weighted by Crippen LogP contribution is 2.27. The van der Waals surface area contributed by atoms with Crippen LogP contribution in [-0.4, -0.2) is 25.1 Å². The third kappa shape index (κ3) is 3.63. The van der Waals surface area contributed by atoms with Crippen molar-refractivity contribution in [3.63, 3.8) is 0 Å². The summed E-state index contributed by atoms with van der Waals surface area (Å²) in [7, 11) is 1.67. The van der Waals surface area contributed by atoms with Gasteiger partial charge in [-0.2, -0.15) is 0 Å². The van der Waals surface area contributed by atoms with Crippen LogP contribution < -0.4 is 10.5 Å². The van der Waals surface area contributed by atoms with Gasteiger partial charge in [-0.3, -0.25) is 4.90 Å². The van der Waals surface area contributed by atoms with Gasteiger partial charge in [-0.1, -0.05) is 19.9 Å². The molecule has 0 saturated carbocycles. The number of hydrogen-bond acceptors (Lipinski definition) is 3. The van der Waals surface area contributed by atoms with E-state index in [4.69, 9.17) is 10.5 Å². The van der Waals surface area contributed by atoms with Crippen molar-refractivity contribution < 1.29 is 4.74 Å². The Hall–Kier alpha value is -1.22. The molecule has 1 heterocycles. The van der Waals surface area contributed by atoms with Gasteiger partial charge in [0.15, 0.2) is 0 Å². The van der Waals surface area contributed by atoms with E-state index >= 15 is 0 Å². The van der Waals surface area contributed by atoms with E-state index in [0.717, 1.165) is 29.8 Å². The molecule has 0 radical (unpaired) electrons. The molecular weight excluding hydrogens is 236 g/mol. The Bertz CT molecular complexity index is 409. The Balaban J connectivity index is 1.92. The van der Waals surface area contributed by atoms with Gasteiger partial charge >= 0.3 is 0 Å². The van der Waals surface area contributed by atoms with Crippen LogP contribution in [0.25, 0.3) is 0 Å². The fourth-order valence-electron chi connectivity index (χ4n) is 2.86. The molecule has 0 amide bonds. The molecule has 2 N–H and O–H groups in total. The van der Waals surface area contributed by atoms with Crippen LogP contribution in [0.15, 0.2) is 18.2 Å². The number of ether oxygens (including phenoxy) is 1. The highest BCUT2D eigenvalue weighted by molar-refractivity contribution is 5.51. The molecule has 1 saturated heterocycles. The molecule has 0 unspecified atom stereocenters. The van der Waals surface area contributed by atoms with E-state index in [2.05, 4.69) is 24.8 Å². The maximum atomic E-state index is 6.08. The first-order valence-electron chi connectivity index (χ1n) is 7.25. The summed E-state index contributed by atoms with van der Waals surface area (Å²) in [6.45, 7) is 8.01. The van der Waals surface area contributed by atoms with E-state index in [0.29, 0.717) is 0 Å². The van der Waals surface area contributed by atoms with Gasteiger partial charge in [0.05, 0.1) is 7.11 Å². The lowest BCUT2D eigenvalue weighted by molar-refractivity contribution is 0.152. The molecule has 1 aromatic rings. The van der Waals surface area contributed by atoms with E-state index in [1.807, 2.05) is 12.1 Å². The fraction of sp³-hybridized carbons (Fsp3) is 0.625. The molecule has 2 rings (SSSR count). The number of likely N-dealkylation sites (tertiary alicyclic amines) is 1. The number of rotatable bonds is 4. The lowest BCUT2D eigenvalue weighted by Gasteiger charge is -2.34. The van der Waals surface area contributed by atoms with Crippen LogP contribution in [0.3, 0.4) is 0 Å². The quantitative estimate of drug-likeness (QED) is 0.847. The van der Waals surface area contributed by atoms with Crippen molar-refractivity contribution in [1.82, 2.24) is 4.90 Å². The lowest BCUT2D eigenvalue weighted by atomic mass is 9.86. The molecule has 3 heteroatoms. The molecule has 0 atom stereocenters. The molecule has 3 nitrogen and oxygen atoms in total. The van der Waals surface area contributed by atoms with Crippen LogP contribution in [0, 0.1) is 11.8 Å². The maximum Gasteiger partial charge on any atom is 0.120 e. The minimum absolute atomic E-state index is 0.813. The highest BCUT2D eigenvalue weighted by atomic mass is 16.5. The van der Waals surface area contributed by atoms with Gasteiger partial charge in [0.25, 0.3) is 0 Å². The zero-order chi connectivity index (χ0) is 13.8. The van der Waals surface area contributed by atoms with Crippen LogP contribution in [0.5, 0.6) is 5.75 Å². The number of methoxy groups -OCH3 is 1. The van der Waals surface area contributed by atoms with Crippen molar-refractivity contribution in [3.05, 3.63) is 23.8 Å². The van der Waals surface area contributed by atoms with Gasteiger partial charge in [0.2, 0.25) is 0 Å². The third-order valence-corrected chi connectivity index (χ3v) is 4.32. The standard InChI is InChI=1S/C16H26N2O/c1-12(2)13-6-8-18(9-7-13)11-14-4-5-15(19-3)10-16(14)17/h4-5,10,12-13H,6-9,11,17H2,1-3H3. The normalized spacial score (nSPS) is 17.9. The molecular formula is C16H26N2O. The van der Waals surface area contributed by atoms with Crippen LogP contribution in [0.2, 0.25) is 0 Å². The van der Waals surface area contributed by atoms with Gasteiger partial charge in [0, 0.05) is 18.3 Å². The predicted octanol–water partition coefficient (Wildman–Crippen LogP) is 3.15. The number of nitrogens with two attached hydrogens (primary N) is 1. The van der Waals surface area contributed by atoms with Crippen molar-refractivity contribution >= 4 is 5.69 Å². The molecule has 0 spiro atoms. The summed E-state index contributed by atoms with van der Waals surface area (Å²) >= 11 is 0. The second kappa shape index (κ2) is 6.29. The van der Waals surface area contributed by atoms with Crippen LogP contribution in [0.1, 0.15) is 32.3 Å². The average Bonchev–Trinajstić information content (AvgIpc) is 2.41. The SMILES string of the molecule is COc1ccc(CN2CCC(C(C)C)CC2)c(N)c1. The van der Waals surface area contributed by atoms with Gasteiger partial charge in [-0.05, 0) is 49.4 Å². The average molecular weight is 262 g/mol. The summed E-state index contributed by atoms with van der Waals surface area (Å²) in [6.07, 6.45) is 2.63. The second-order valence-electron chi connectivity index (χ2n) is 5.92. The van der Waals surface area contributed by atoms with Gasteiger partial charge < -0.3 is 10.5 Å². The Morgan fingerprint density at radius 2 is 2.00 bits per heavy atom. The van der Waals surface area contributed by atoms with Crippen LogP contribution in [-0.2, 0) is 6.54 Å². The van der Waals surface area contributed by atoms with Crippen molar-refractivity contribution in [3.8, 4) is 5.75 Å². The molecule has 0 bridgehead atoms. The molecule has 1 aliphatic rings. The molecule has 0 aliphatic carbocycles. The molecule has 19 heavy (non-hydrogen) atoms. The zero-order valence-electron chi connectivity index (χ0n) is 12.4.